The molecule has 2 N–H and O–H groups in total. The van der Waals surface area contributed by atoms with Crippen LogP contribution in [0.1, 0.15) is 23.1 Å². The van der Waals surface area contributed by atoms with E-state index in [0.29, 0.717) is 6.42 Å². The van der Waals surface area contributed by atoms with Crippen LogP contribution >= 0.6 is 15.9 Å². The van der Waals surface area contributed by atoms with Crippen LogP contribution in [0.4, 0.5) is 8.78 Å². The zero-order chi connectivity index (χ0) is 14.3. The van der Waals surface area contributed by atoms with Crippen LogP contribution in [0.3, 0.4) is 0 Å². The fraction of sp³-hybridized carbons (Fsp3) is 0.250. The molecule has 0 aliphatic heterocycles. The van der Waals surface area contributed by atoms with Crippen LogP contribution in [0.2, 0.25) is 0 Å². The van der Waals surface area contributed by atoms with E-state index in [-0.39, 0.29) is 16.5 Å². The van der Waals surface area contributed by atoms with Gasteiger partial charge in [0.1, 0.15) is 11.6 Å². The molecule has 3 rings (SSSR count). The molecule has 1 aliphatic rings. The summed E-state index contributed by atoms with van der Waals surface area (Å²) in [6.45, 7) is 0. The molecule has 20 heavy (non-hydrogen) atoms. The Morgan fingerprint density at radius 2 is 1.90 bits per heavy atom. The van der Waals surface area contributed by atoms with Gasteiger partial charge in [0.25, 0.3) is 0 Å². The van der Waals surface area contributed by atoms with Crippen LogP contribution < -0.4 is 5.73 Å². The van der Waals surface area contributed by atoms with Crippen molar-refractivity contribution in [2.24, 2.45) is 5.73 Å². The highest BCUT2D eigenvalue weighted by atomic mass is 79.9. The molecule has 1 aliphatic carbocycles. The van der Waals surface area contributed by atoms with E-state index in [9.17, 15) is 8.78 Å². The molecule has 2 aromatic carbocycles. The van der Waals surface area contributed by atoms with Gasteiger partial charge in [-0.2, -0.15) is 0 Å². The highest BCUT2D eigenvalue weighted by Crippen LogP contribution is 2.38. The minimum atomic E-state index is -0.695. The van der Waals surface area contributed by atoms with Gasteiger partial charge in [0.05, 0.1) is 4.47 Å². The lowest BCUT2D eigenvalue weighted by Crippen LogP contribution is -2.37. The normalized spacial score (nSPS) is 21.0. The van der Waals surface area contributed by atoms with Gasteiger partial charge in [-0.1, -0.05) is 24.3 Å². The molecule has 0 bridgehead atoms. The molecular formula is C16H14BrF2N. The first-order valence-corrected chi connectivity index (χ1v) is 7.30. The zero-order valence-corrected chi connectivity index (χ0v) is 12.4. The first kappa shape index (κ1) is 13.7. The number of fused-ring (bicyclic) bond motifs is 1. The molecule has 0 spiro atoms. The van der Waals surface area contributed by atoms with Crippen molar-refractivity contribution < 1.29 is 8.78 Å². The Kier molecular flexibility index (Phi) is 3.38. The van der Waals surface area contributed by atoms with Crippen molar-refractivity contribution in [3.63, 3.8) is 0 Å². The van der Waals surface area contributed by atoms with E-state index in [0.717, 1.165) is 12.0 Å². The summed E-state index contributed by atoms with van der Waals surface area (Å²) in [6.07, 6.45) is 1.72. The molecule has 104 valence electrons. The van der Waals surface area contributed by atoms with E-state index in [1.165, 1.54) is 17.7 Å². The smallest absolute Gasteiger partial charge is 0.143 e. The van der Waals surface area contributed by atoms with E-state index in [4.69, 9.17) is 5.73 Å². The topological polar surface area (TPSA) is 26.0 Å². The summed E-state index contributed by atoms with van der Waals surface area (Å²) in [5.74, 6) is -1.10. The summed E-state index contributed by atoms with van der Waals surface area (Å²) >= 11 is 3.10. The van der Waals surface area contributed by atoms with Crippen LogP contribution in [0.5, 0.6) is 0 Å². The Labute approximate surface area is 124 Å². The van der Waals surface area contributed by atoms with Crippen molar-refractivity contribution in [1.29, 1.82) is 0 Å². The van der Waals surface area contributed by atoms with Crippen LogP contribution in [0, 0.1) is 11.6 Å². The molecule has 0 radical (unpaired) electrons. The molecule has 0 aromatic heterocycles. The molecule has 0 saturated carbocycles. The maximum Gasteiger partial charge on any atom is 0.143 e. The number of nitrogens with two attached hydrogens (primary N) is 1. The summed E-state index contributed by atoms with van der Waals surface area (Å²) in [5.41, 5.74) is 7.97. The predicted molar refractivity (Wildman–Crippen MR) is 78.4 cm³/mol. The van der Waals surface area contributed by atoms with E-state index >= 15 is 0 Å². The summed E-state index contributed by atoms with van der Waals surface area (Å²) < 4.78 is 28.3. The second kappa shape index (κ2) is 4.93. The van der Waals surface area contributed by atoms with E-state index in [1.54, 1.807) is 0 Å². The average Bonchev–Trinajstić information content (AvgIpc) is 2.78. The van der Waals surface area contributed by atoms with Gasteiger partial charge in [0.15, 0.2) is 0 Å². The molecule has 0 saturated heterocycles. The molecule has 1 nitrogen and oxygen atoms in total. The Hall–Kier alpha value is -1.26. The second-order valence-electron chi connectivity index (χ2n) is 5.31. The average molecular weight is 338 g/mol. The third kappa shape index (κ3) is 2.17. The van der Waals surface area contributed by atoms with E-state index in [1.807, 2.05) is 24.3 Å². The number of benzene rings is 2. The third-order valence-electron chi connectivity index (χ3n) is 4.03. The summed E-state index contributed by atoms with van der Waals surface area (Å²) in [5, 5.41) is 0. The van der Waals surface area contributed by atoms with Crippen molar-refractivity contribution in [3.8, 4) is 0 Å². The van der Waals surface area contributed by atoms with E-state index < -0.39 is 17.2 Å². The molecule has 0 amide bonds. The highest BCUT2D eigenvalue weighted by molar-refractivity contribution is 9.10. The monoisotopic (exact) mass is 337 g/mol. The van der Waals surface area contributed by atoms with Gasteiger partial charge in [0.2, 0.25) is 0 Å². The minimum Gasteiger partial charge on any atom is -0.321 e. The van der Waals surface area contributed by atoms with Crippen molar-refractivity contribution in [1.82, 2.24) is 0 Å². The van der Waals surface area contributed by atoms with Crippen molar-refractivity contribution >= 4 is 15.9 Å². The van der Waals surface area contributed by atoms with Crippen molar-refractivity contribution in [2.45, 2.75) is 24.8 Å². The largest absolute Gasteiger partial charge is 0.321 e. The van der Waals surface area contributed by atoms with Gasteiger partial charge in [-0.25, -0.2) is 8.78 Å². The molecule has 4 heteroatoms. The Balaban J connectivity index is 2.03. The SMILES string of the molecule is NC1(Cc2c(F)ccc(Br)c2F)CCc2ccccc21. The maximum absolute atomic E-state index is 14.1. The fourth-order valence-electron chi connectivity index (χ4n) is 2.95. The number of halogens is 3. The van der Waals surface area contributed by atoms with Crippen LogP contribution in [-0.4, -0.2) is 0 Å². The molecule has 2 aromatic rings. The number of hydrogen-bond acceptors (Lipinski definition) is 1. The van der Waals surface area contributed by atoms with Gasteiger partial charge < -0.3 is 5.73 Å². The molecule has 0 heterocycles. The maximum atomic E-state index is 14.1. The lowest BCUT2D eigenvalue weighted by Gasteiger charge is -2.26. The predicted octanol–water partition coefficient (Wildman–Crippen LogP) is 4.07. The zero-order valence-electron chi connectivity index (χ0n) is 10.8. The van der Waals surface area contributed by atoms with Crippen molar-refractivity contribution in [2.75, 3.05) is 0 Å². The van der Waals surface area contributed by atoms with Gasteiger partial charge in [-0.3, -0.25) is 0 Å². The number of hydrogen-bond donors (Lipinski definition) is 1. The van der Waals surface area contributed by atoms with Gasteiger partial charge in [-0.05, 0) is 52.0 Å². The quantitative estimate of drug-likeness (QED) is 0.821. The molecule has 1 atom stereocenters. The van der Waals surface area contributed by atoms with E-state index in [2.05, 4.69) is 15.9 Å². The summed E-state index contributed by atoms with van der Waals surface area (Å²) in [4.78, 5) is 0. The lowest BCUT2D eigenvalue weighted by atomic mass is 9.86. The molecule has 1 unspecified atom stereocenters. The second-order valence-corrected chi connectivity index (χ2v) is 6.17. The summed E-state index contributed by atoms with van der Waals surface area (Å²) in [6, 6.07) is 10.5. The van der Waals surface area contributed by atoms with Gasteiger partial charge >= 0.3 is 0 Å². The molecule has 0 fully saturated rings. The summed E-state index contributed by atoms with van der Waals surface area (Å²) in [7, 11) is 0. The van der Waals surface area contributed by atoms with Crippen LogP contribution in [0.25, 0.3) is 0 Å². The Bertz CT molecular complexity index is 672. The number of aryl methyl sites for hydroxylation is 1. The van der Waals surface area contributed by atoms with Gasteiger partial charge in [-0.15, -0.1) is 0 Å². The number of rotatable bonds is 2. The Morgan fingerprint density at radius 3 is 2.70 bits per heavy atom. The first-order valence-electron chi connectivity index (χ1n) is 6.51. The standard InChI is InChI=1S/C16H14BrF2N/c17-13-5-6-14(18)11(15(13)19)9-16(20)8-7-10-3-1-2-4-12(10)16/h1-6H,7-9,20H2. The third-order valence-corrected chi connectivity index (χ3v) is 4.64. The van der Waals surface area contributed by atoms with Crippen molar-refractivity contribution in [3.05, 3.63) is 69.2 Å². The minimum absolute atomic E-state index is 0.0542. The molecular weight excluding hydrogens is 324 g/mol. The van der Waals surface area contributed by atoms with Gasteiger partial charge in [0, 0.05) is 17.5 Å². The Morgan fingerprint density at radius 1 is 1.15 bits per heavy atom. The van der Waals surface area contributed by atoms with Crippen LogP contribution in [0.15, 0.2) is 40.9 Å². The lowest BCUT2D eigenvalue weighted by molar-refractivity contribution is 0.416. The first-order chi connectivity index (χ1) is 9.51. The highest BCUT2D eigenvalue weighted by Gasteiger charge is 2.36. The fourth-order valence-corrected chi connectivity index (χ4v) is 3.32. The van der Waals surface area contributed by atoms with Crippen LogP contribution in [-0.2, 0) is 18.4 Å².